The fraction of sp³-hybridized carbons (Fsp3) is 0.467. The molecular weight excluding hydrogens is 236 g/mol. The van der Waals surface area contributed by atoms with E-state index in [1.807, 2.05) is 36.4 Å². The van der Waals surface area contributed by atoms with Crippen LogP contribution >= 0.6 is 0 Å². The molecule has 2 heterocycles. The number of aryl methyl sites for hydroxylation is 1. The second-order valence-corrected chi connectivity index (χ2v) is 5.88. The van der Waals surface area contributed by atoms with E-state index in [1.54, 1.807) is 0 Å². The molecule has 0 aromatic carbocycles. The zero-order valence-corrected chi connectivity index (χ0v) is 12.1. The first kappa shape index (κ1) is 13.6. The van der Waals surface area contributed by atoms with Crippen LogP contribution in [0.1, 0.15) is 31.9 Å². The highest BCUT2D eigenvalue weighted by atomic mass is 15.2. The summed E-state index contributed by atoms with van der Waals surface area (Å²) in [6.07, 6.45) is 6.85. The summed E-state index contributed by atoms with van der Waals surface area (Å²) in [4.78, 5) is 4.45. The Hall–Kier alpha value is -1.84. The van der Waals surface area contributed by atoms with Gasteiger partial charge in [-0.2, -0.15) is 5.10 Å². The molecular formula is C15H22N4. The van der Waals surface area contributed by atoms with Gasteiger partial charge in [-0.05, 0) is 29.0 Å². The van der Waals surface area contributed by atoms with Crippen LogP contribution in [0.25, 0.3) is 0 Å². The summed E-state index contributed by atoms with van der Waals surface area (Å²) in [5.74, 6) is 0.928. The van der Waals surface area contributed by atoms with E-state index in [0.717, 1.165) is 18.8 Å². The van der Waals surface area contributed by atoms with E-state index in [1.165, 1.54) is 11.1 Å². The molecule has 2 aromatic heterocycles. The lowest BCUT2D eigenvalue weighted by atomic mass is 9.88. The SMILES string of the molecule is Cn1cc(CCNc2ccc(C(C)(C)C)cn2)cn1. The molecule has 0 spiro atoms. The third-order valence-corrected chi connectivity index (χ3v) is 3.11. The van der Waals surface area contributed by atoms with Gasteiger partial charge in [0.1, 0.15) is 5.82 Å². The molecule has 4 nitrogen and oxygen atoms in total. The standard InChI is InChI=1S/C15H22N4/c1-15(2,3)13-5-6-14(17-10-13)16-8-7-12-9-18-19(4)11-12/h5-6,9-11H,7-8H2,1-4H3,(H,16,17). The van der Waals surface area contributed by atoms with E-state index >= 15 is 0 Å². The fourth-order valence-electron chi connectivity index (χ4n) is 1.88. The molecule has 0 bridgehead atoms. The van der Waals surface area contributed by atoms with Crippen molar-refractivity contribution in [3.05, 3.63) is 41.9 Å². The highest BCUT2D eigenvalue weighted by molar-refractivity contribution is 5.37. The highest BCUT2D eigenvalue weighted by Crippen LogP contribution is 2.21. The molecule has 0 saturated heterocycles. The number of pyridine rings is 1. The Morgan fingerprint density at radius 2 is 2.00 bits per heavy atom. The van der Waals surface area contributed by atoms with Crippen molar-refractivity contribution in [2.75, 3.05) is 11.9 Å². The first-order chi connectivity index (χ1) is 8.95. The minimum atomic E-state index is 0.154. The van der Waals surface area contributed by atoms with E-state index in [4.69, 9.17) is 0 Å². The number of aromatic nitrogens is 3. The van der Waals surface area contributed by atoms with Crippen LogP contribution in [0.3, 0.4) is 0 Å². The van der Waals surface area contributed by atoms with Gasteiger partial charge in [0.15, 0.2) is 0 Å². The lowest BCUT2D eigenvalue weighted by Crippen LogP contribution is -2.12. The van der Waals surface area contributed by atoms with Gasteiger partial charge in [-0.1, -0.05) is 26.8 Å². The summed E-state index contributed by atoms with van der Waals surface area (Å²) in [5.41, 5.74) is 2.65. The fourth-order valence-corrected chi connectivity index (χ4v) is 1.88. The van der Waals surface area contributed by atoms with Crippen molar-refractivity contribution in [1.82, 2.24) is 14.8 Å². The second kappa shape index (κ2) is 5.43. The Morgan fingerprint density at radius 1 is 1.21 bits per heavy atom. The zero-order valence-electron chi connectivity index (χ0n) is 12.1. The van der Waals surface area contributed by atoms with Gasteiger partial charge in [0, 0.05) is 26.0 Å². The molecule has 1 N–H and O–H groups in total. The van der Waals surface area contributed by atoms with Gasteiger partial charge in [-0.15, -0.1) is 0 Å². The molecule has 0 unspecified atom stereocenters. The molecule has 0 fully saturated rings. The van der Waals surface area contributed by atoms with E-state index in [2.05, 4.69) is 42.2 Å². The van der Waals surface area contributed by atoms with Crippen molar-refractivity contribution in [3.63, 3.8) is 0 Å². The number of hydrogen-bond donors (Lipinski definition) is 1. The lowest BCUT2D eigenvalue weighted by Gasteiger charge is -2.18. The zero-order chi connectivity index (χ0) is 13.9. The quantitative estimate of drug-likeness (QED) is 0.917. The van der Waals surface area contributed by atoms with Gasteiger partial charge in [0.25, 0.3) is 0 Å². The summed E-state index contributed by atoms with van der Waals surface area (Å²) >= 11 is 0. The molecule has 0 aliphatic carbocycles. The Morgan fingerprint density at radius 3 is 2.53 bits per heavy atom. The molecule has 0 atom stereocenters. The highest BCUT2D eigenvalue weighted by Gasteiger charge is 2.13. The smallest absolute Gasteiger partial charge is 0.125 e. The van der Waals surface area contributed by atoms with Gasteiger partial charge in [0.05, 0.1) is 6.20 Å². The Bertz CT molecular complexity index is 520. The lowest BCUT2D eigenvalue weighted by molar-refractivity contribution is 0.587. The Labute approximate surface area is 114 Å². The van der Waals surface area contributed by atoms with Crippen molar-refractivity contribution >= 4 is 5.82 Å². The molecule has 2 rings (SSSR count). The Kier molecular flexibility index (Phi) is 3.88. The van der Waals surface area contributed by atoms with Crippen molar-refractivity contribution < 1.29 is 0 Å². The maximum atomic E-state index is 4.45. The number of anilines is 1. The van der Waals surface area contributed by atoms with Crippen molar-refractivity contribution in [2.45, 2.75) is 32.6 Å². The van der Waals surface area contributed by atoms with Crippen molar-refractivity contribution in [3.8, 4) is 0 Å². The van der Waals surface area contributed by atoms with E-state index in [9.17, 15) is 0 Å². The minimum absolute atomic E-state index is 0.154. The van der Waals surface area contributed by atoms with Gasteiger partial charge < -0.3 is 5.32 Å². The molecule has 0 aliphatic heterocycles. The average Bonchev–Trinajstić information content (AvgIpc) is 2.75. The molecule has 0 amide bonds. The normalized spacial score (nSPS) is 11.6. The third-order valence-electron chi connectivity index (χ3n) is 3.11. The molecule has 0 saturated carbocycles. The molecule has 0 radical (unpaired) electrons. The third kappa shape index (κ3) is 3.81. The van der Waals surface area contributed by atoms with Gasteiger partial charge in [-0.3, -0.25) is 4.68 Å². The van der Waals surface area contributed by atoms with E-state index in [0.29, 0.717) is 0 Å². The largest absolute Gasteiger partial charge is 0.370 e. The van der Waals surface area contributed by atoms with Gasteiger partial charge in [-0.25, -0.2) is 4.98 Å². The van der Waals surface area contributed by atoms with Crippen LogP contribution in [0, 0.1) is 0 Å². The summed E-state index contributed by atoms with van der Waals surface area (Å²) in [6, 6.07) is 4.18. The van der Waals surface area contributed by atoms with Crippen molar-refractivity contribution in [1.29, 1.82) is 0 Å². The maximum absolute atomic E-state index is 4.45. The van der Waals surface area contributed by atoms with Crippen LogP contribution in [0.2, 0.25) is 0 Å². The predicted octanol–water partition coefficient (Wildman–Crippen LogP) is 2.77. The molecule has 19 heavy (non-hydrogen) atoms. The molecule has 0 aliphatic rings. The molecule has 4 heteroatoms. The summed E-state index contributed by atoms with van der Waals surface area (Å²) in [6.45, 7) is 7.45. The van der Waals surface area contributed by atoms with Crippen LogP contribution < -0.4 is 5.32 Å². The van der Waals surface area contributed by atoms with Crippen LogP contribution in [0.15, 0.2) is 30.7 Å². The number of rotatable bonds is 4. The summed E-state index contributed by atoms with van der Waals surface area (Å²) < 4.78 is 1.83. The number of nitrogens with one attached hydrogen (secondary N) is 1. The number of nitrogens with zero attached hydrogens (tertiary/aromatic N) is 3. The first-order valence-corrected chi connectivity index (χ1v) is 6.63. The van der Waals surface area contributed by atoms with Crippen LogP contribution in [-0.4, -0.2) is 21.3 Å². The average molecular weight is 258 g/mol. The van der Waals surface area contributed by atoms with Crippen molar-refractivity contribution in [2.24, 2.45) is 7.05 Å². The number of hydrogen-bond acceptors (Lipinski definition) is 3. The van der Waals surface area contributed by atoms with Crippen LogP contribution in [-0.2, 0) is 18.9 Å². The van der Waals surface area contributed by atoms with E-state index < -0.39 is 0 Å². The monoisotopic (exact) mass is 258 g/mol. The summed E-state index contributed by atoms with van der Waals surface area (Å²) in [5, 5.41) is 7.49. The van der Waals surface area contributed by atoms with Gasteiger partial charge in [0.2, 0.25) is 0 Å². The predicted molar refractivity (Wildman–Crippen MR) is 78.3 cm³/mol. The van der Waals surface area contributed by atoms with Gasteiger partial charge >= 0.3 is 0 Å². The molecule has 102 valence electrons. The van der Waals surface area contributed by atoms with Crippen LogP contribution in [0.5, 0.6) is 0 Å². The topological polar surface area (TPSA) is 42.7 Å². The summed E-state index contributed by atoms with van der Waals surface area (Å²) in [7, 11) is 1.93. The van der Waals surface area contributed by atoms with E-state index in [-0.39, 0.29) is 5.41 Å². The second-order valence-electron chi connectivity index (χ2n) is 5.88. The first-order valence-electron chi connectivity index (χ1n) is 6.63. The minimum Gasteiger partial charge on any atom is -0.370 e. The Balaban J connectivity index is 1.86. The van der Waals surface area contributed by atoms with Crippen LogP contribution in [0.4, 0.5) is 5.82 Å². The molecule has 2 aromatic rings. The maximum Gasteiger partial charge on any atom is 0.125 e.